The average molecular weight is 391 g/mol. The first-order valence-corrected chi connectivity index (χ1v) is 9.35. The second-order valence-corrected chi connectivity index (χ2v) is 6.85. The highest BCUT2D eigenvalue weighted by Crippen LogP contribution is 2.36. The molecule has 0 fully saturated rings. The molecule has 3 heterocycles. The fraction of sp³-hybridized carbons (Fsp3) is 0.227. The van der Waals surface area contributed by atoms with Crippen molar-refractivity contribution in [1.82, 2.24) is 14.8 Å². The maximum atomic E-state index is 12.4. The molecule has 0 aliphatic carbocycles. The second kappa shape index (κ2) is 7.52. The van der Waals surface area contributed by atoms with Crippen LogP contribution in [-0.2, 0) is 11.3 Å². The summed E-state index contributed by atoms with van der Waals surface area (Å²) in [4.78, 5) is 12.4. The maximum Gasteiger partial charge on any atom is 0.338 e. The molecule has 0 unspecified atom stereocenters. The topological polar surface area (TPSA) is 89.9 Å². The van der Waals surface area contributed by atoms with Crippen LogP contribution in [0.1, 0.15) is 34.2 Å². The lowest BCUT2D eigenvalue weighted by molar-refractivity contribution is 0.0525. The van der Waals surface area contributed by atoms with Crippen molar-refractivity contribution in [3.8, 4) is 22.5 Å². The van der Waals surface area contributed by atoms with Crippen LogP contribution in [0.2, 0.25) is 0 Å². The molecule has 0 atom stereocenters. The molecular formula is C22H21N3O4. The van der Waals surface area contributed by atoms with E-state index in [0.29, 0.717) is 34.8 Å². The van der Waals surface area contributed by atoms with E-state index in [0.717, 1.165) is 22.3 Å². The number of nitrogens with zero attached hydrogens (tertiary/aromatic N) is 3. The number of aromatic nitrogens is 3. The molecule has 1 aromatic carbocycles. The van der Waals surface area contributed by atoms with Gasteiger partial charge in [0.15, 0.2) is 5.76 Å². The third kappa shape index (κ3) is 3.40. The minimum Gasteiger partial charge on any atom is -0.462 e. The van der Waals surface area contributed by atoms with Gasteiger partial charge in [-0.2, -0.15) is 5.10 Å². The van der Waals surface area contributed by atoms with Gasteiger partial charge >= 0.3 is 5.97 Å². The Hall–Kier alpha value is -3.45. The summed E-state index contributed by atoms with van der Waals surface area (Å²) in [5.74, 6) is -0.0281. The number of rotatable bonds is 5. The van der Waals surface area contributed by atoms with Crippen molar-refractivity contribution < 1.29 is 19.2 Å². The van der Waals surface area contributed by atoms with Gasteiger partial charge in [0.1, 0.15) is 18.0 Å². The second-order valence-electron chi connectivity index (χ2n) is 6.85. The SMILES string of the molecule is CCOC(=O)c1cc2c(-c3cc(CO)on3)c(-c3ccc(C)cc3)nn2cc1C. The number of esters is 1. The lowest BCUT2D eigenvalue weighted by atomic mass is 10.0. The van der Waals surface area contributed by atoms with Gasteiger partial charge < -0.3 is 14.4 Å². The van der Waals surface area contributed by atoms with Gasteiger partial charge in [0.2, 0.25) is 0 Å². The van der Waals surface area contributed by atoms with Gasteiger partial charge in [-0.15, -0.1) is 0 Å². The molecule has 0 radical (unpaired) electrons. The van der Waals surface area contributed by atoms with Crippen LogP contribution in [0.25, 0.3) is 28.0 Å². The van der Waals surface area contributed by atoms with E-state index in [9.17, 15) is 9.90 Å². The number of fused-ring (bicyclic) bond motifs is 1. The summed E-state index contributed by atoms with van der Waals surface area (Å²) in [6, 6.07) is 11.5. The van der Waals surface area contributed by atoms with Crippen molar-refractivity contribution in [2.75, 3.05) is 6.61 Å². The monoisotopic (exact) mass is 391 g/mol. The first-order chi connectivity index (χ1) is 14.0. The highest BCUT2D eigenvalue weighted by molar-refractivity contribution is 5.97. The Morgan fingerprint density at radius 2 is 1.97 bits per heavy atom. The van der Waals surface area contributed by atoms with Crippen molar-refractivity contribution >= 4 is 11.5 Å². The van der Waals surface area contributed by atoms with Gasteiger partial charge in [0.25, 0.3) is 0 Å². The Balaban J connectivity index is 2.00. The Labute approximate surface area is 167 Å². The van der Waals surface area contributed by atoms with Gasteiger partial charge in [-0.3, -0.25) is 0 Å². The van der Waals surface area contributed by atoms with Crippen molar-refractivity contribution in [3.05, 3.63) is 65.0 Å². The smallest absolute Gasteiger partial charge is 0.338 e. The largest absolute Gasteiger partial charge is 0.462 e. The molecular weight excluding hydrogens is 370 g/mol. The van der Waals surface area contributed by atoms with E-state index in [1.807, 2.05) is 38.1 Å². The molecule has 148 valence electrons. The van der Waals surface area contributed by atoms with E-state index in [-0.39, 0.29) is 12.6 Å². The van der Waals surface area contributed by atoms with E-state index in [1.165, 1.54) is 0 Å². The fourth-order valence-corrected chi connectivity index (χ4v) is 3.29. The molecule has 0 saturated carbocycles. The summed E-state index contributed by atoms with van der Waals surface area (Å²) in [7, 11) is 0. The first-order valence-electron chi connectivity index (χ1n) is 9.35. The summed E-state index contributed by atoms with van der Waals surface area (Å²) in [5, 5.41) is 18.2. The summed E-state index contributed by atoms with van der Waals surface area (Å²) in [6.07, 6.45) is 1.80. The minimum atomic E-state index is -0.382. The van der Waals surface area contributed by atoms with Gasteiger partial charge in [-0.05, 0) is 32.4 Å². The summed E-state index contributed by atoms with van der Waals surface area (Å²) >= 11 is 0. The van der Waals surface area contributed by atoms with Crippen LogP contribution in [0.5, 0.6) is 0 Å². The predicted molar refractivity (Wildman–Crippen MR) is 107 cm³/mol. The molecule has 7 heteroatoms. The number of aryl methyl sites for hydroxylation is 2. The Morgan fingerprint density at radius 3 is 2.62 bits per heavy atom. The highest BCUT2D eigenvalue weighted by atomic mass is 16.5. The molecule has 3 aromatic heterocycles. The number of aliphatic hydroxyl groups excluding tert-OH is 1. The third-order valence-corrected chi connectivity index (χ3v) is 4.76. The van der Waals surface area contributed by atoms with Gasteiger partial charge in [0.05, 0.1) is 23.3 Å². The van der Waals surface area contributed by atoms with Crippen LogP contribution in [0, 0.1) is 13.8 Å². The number of aliphatic hydroxyl groups is 1. The molecule has 29 heavy (non-hydrogen) atoms. The van der Waals surface area contributed by atoms with E-state index < -0.39 is 0 Å². The van der Waals surface area contributed by atoms with Gasteiger partial charge in [0, 0.05) is 17.8 Å². The highest BCUT2D eigenvalue weighted by Gasteiger charge is 2.22. The summed E-state index contributed by atoms with van der Waals surface area (Å²) < 4.78 is 12.1. The van der Waals surface area contributed by atoms with Crippen molar-refractivity contribution in [2.45, 2.75) is 27.4 Å². The molecule has 0 saturated heterocycles. The zero-order valence-electron chi connectivity index (χ0n) is 16.5. The number of hydrogen-bond acceptors (Lipinski definition) is 6. The van der Waals surface area contributed by atoms with Crippen LogP contribution in [0.15, 0.2) is 47.1 Å². The Bertz CT molecular complexity index is 1190. The standard InChI is InChI=1S/C22H21N3O4/c1-4-28-22(27)17-10-19-20(18-9-16(12-26)29-24-18)21(23-25(19)11-14(17)3)15-7-5-13(2)6-8-15/h5-11,26H,4,12H2,1-3H3. The van der Waals surface area contributed by atoms with Gasteiger partial charge in [-0.25, -0.2) is 9.31 Å². The normalized spacial score (nSPS) is 11.2. The number of carbonyl (C=O) groups excluding carboxylic acids is 1. The molecule has 0 aliphatic heterocycles. The molecule has 0 aliphatic rings. The number of hydrogen-bond donors (Lipinski definition) is 1. The number of ether oxygens (including phenoxy) is 1. The average Bonchev–Trinajstić information content (AvgIpc) is 3.31. The zero-order valence-corrected chi connectivity index (χ0v) is 16.5. The molecule has 7 nitrogen and oxygen atoms in total. The summed E-state index contributed by atoms with van der Waals surface area (Å²) in [6.45, 7) is 5.69. The van der Waals surface area contributed by atoms with Crippen LogP contribution in [0.3, 0.4) is 0 Å². The first kappa shape index (κ1) is 18.9. The molecule has 4 rings (SSSR count). The van der Waals surface area contributed by atoms with Crippen LogP contribution in [0.4, 0.5) is 0 Å². The summed E-state index contributed by atoms with van der Waals surface area (Å²) in [5.41, 5.74) is 5.97. The molecule has 1 N–H and O–H groups in total. The Kier molecular flexibility index (Phi) is 4.90. The van der Waals surface area contributed by atoms with Crippen molar-refractivity contribution in [3.63, 3.8) is 0 Å². The third-order valence-electron chi connectivity index (χ3n) is 4.76. The zero-order chi connectivity index (χ0) is 20.5. The quantitative estimate of drug-likeness (QED) is 0.518. The van der Waals surface area contributed by atoms with Crippen molar-refractivity contribution in [2.24, 2.45) is 0 Å². The predicted octanol–water partition coefficient (Wildman–Crippen LogP) is 3.94. The number of pyridine rings is 1. The van der Waals surface area contributed by atoms with Crippen LogP contribution < -0.4 is 0 Å². The molecule has 0 spiro atoms. The number of carbonyl (C=O) groups is 1. The molecule has 0 bridgehead atoms. The lowest BCUT2D eigenvalue weighted by Crippen LogP contribution is -2.08. The lowest BCUT2D eigenvalue weighted by Gasteiger charge is -2.06. The van der Waals surface area contributed by atoms with Gasteiger partial charge in [-0.1, -0.05) is 35.0 Å². The maximum absolute atomic E-state index is 12.4. The number of benzene rings is 1. The van der Waals surface area contributed by atoms with E-state index in [1.54, 1.807) is 29.8 Å². The van der Waals surface area contributed by atoms with Crippen LogP contribution >= 0.6 is 0 Å². The minimum absolute atomic E-state index is 0.251. The molecule has 4 aromatic rings. The van der Waals surface area contributed by atoms with Crippen molar-refractivity contribution in [1.29, 1.82) is 0 Å². The van der Waals surface area contributed by atoms with Crippen LogP contribution in [-0.4, -0.2) is 32.5 Å². The van der Waals surface area contributed by atoms with E-state index in [2.05, 4.69) is 5.16 Å². The van der Waals surface area contributed by atoms with E-state index in [4.69, 9.17) is 14.4 Å². The molecule has 0 amide bonds. The fourth-order valence-electron chi connectivity index (χ4n) is 3.29. The Morgan fingerprint density at radius 1 is 1.21 bits per heavy atom. The van der Waals surface area contributed by atoms with E-state index >= 15 is 0 Å².